The van der Waals surface area contributed by atoms with Gasteiger partial charge in [0, 0.05) is 11.3 Å². The molecule has 2 N–H and O–H groups in total. The highest BCUT2D eigenvalue weighted by atomic mass is 16.2. The number of hydrogen-bond donors (Lipinski definition) is 2. The normalized spacial score (nSPS) is 26.3. The topological polar surface area (TPSA) is 41.1 Å². The lowest BCUT2D eigenvalue weighted by Crippen LogP contribution is -2.44. The molecule has 1 aromatic carbocycles. The van der Waals surface area contributed by atoms with Crippen LogP contribution in [0.5, 0.6) is 0 Å². The predicted octanol–water partition coefficient (Wildman–Crippen LogP) is 1.51. The first kappa shape index (κ1) is 8.29. The predicted molar refractivity (Wildman–Crippen MR) is 58.2 cm³/mol. The molecule has 3 nitrogen and oxygen atoms in total. The van der Waals surface area contributed by atoms with E-state index >= 15 is 0 Å². The third-order valence-electron chi connectivity index (χ3n) is 2.82. The molecule has 3 heteroatoms. The number of hydrogen-bond acceptors (Lipinski definition) is 2. The highest BCUT2D eigenvalue weighted by Crippen LogP contribution is 2.37. The van der Waals surface area contributed by atoms with Gasteiger partial charge in [-0.05, 0) is 24.4 Å². The van der Waals surface area contributed by atoms with E-state index in [9.17, 15) is 4.79 Å². The molecule has 1 spiro atoms. The number of nitrogens with one attached hydrogen (secondary N) is 2. The van der Waals surface area contributed by atoms with E-state index in [1.54, 1.807) is 6.20 Å². The van der Waals surface area contributed by atoms with Crippen molar-refractivity contribution in [2.24, 2.45) is 0 Å². The van der Waals surface area contributed by atoms with Gasteiger partial charge in [0.05, 0.1) is 0 Å². The molecule has 1 amide bonds. The average Bonchev–Trinajstić information content (AvgIpc) is 2.55. The minimum absolute atomic E-state index is 0.0238. The molecule has 0 saturated heterocycles. The van der Waals surface area contributed by atoms with Gasteiger partial charge in [-0.15, -0.1) is 0 Å². The highest BCUT2D eigenvalue weighted by molar-refractivity contribution is 6.07. The molecule has 1 atom stereocenters. The van der Waals surface area contributed by atoms with Crippen LogP contribution in [0.25, 0.3) is 0 Å². The first-order valence-electron chi connectivity index (χ1n) is 4.86. The van der Waals surface area contributed by atoms with E-state index in [2.05, 4.69) is 10.6 Å². The second-order valence-corrected chi connectivity index (χ2v) is 3.67. The Hall–Kier alpha value is -2.03. The Morgan fingerprint density at radius 3 is 2.80 bits per heavy atom. The number of amides is 1. The van der Waals surface area contributed by atoms with Crippen LogP contribution in [0.15, 0.2) is 48.7 Å². The fourth-order valence-corrected chi connectivity index (χ4v) is 2.07. The molecular weight excluding hydrogens is 188 g/mol. The van der Waals surface area contributed by atoms with Crippen LogP contribution in [0.4, 0.5) is 5.69 Å². The number of carbonyl (C=O) groups is 1. The van der Waals surface area contributed by atoms with E-state index in [0.29, 0.717) is 0 Å². The lowest BCUT2D eigenvalue weighted by atomic mass is 9.90. The molecule has 1 aromatic rings. The van der Waals surface area contributed by atoms with E-state index in [1.807, 2.05) is 42.5 Å². The summed E-state index contributed by atoms with van der Waals surface area (Å²) < 4.78 is 0. The molecule has 0 fully saturated rings. The van der Waals surface area contributed by atoms with Crippen LogP contribution in [0.3, 0.4) is 0 Å². The van der Waals surface area contributed by atoms with Crippen molar-refractivity contribution < 1.29 is 4.79 Å². The number of anilines is 1. The quantitative estimate of drug-likeness (QED) is 0.663. The van der Waals surface area contributed by atoms with Crippen LogP contribution < -0.4 is 10.6 Å². The van der Waals surface area contributed by atoms with Crippen molar-refractivity contribution in [2.75, 3.05) is 5.32 Å². The summed E-state index contributed by atoms with van der Waals surface area (Å²) in [5.74, 6) is -0.0238. The molecule has 2 heterocycles. The van der Waals surface area contributed by atoms with E-state index in [4.69, 9.17) is 0 Å². The van der Waals surface area contributed by atoms with Gasteiger partial charge in [-0.3, -0.25) is 4.79 Å². The summed E-state index contributed by atoms with van der Waals surface area (Å²) in [7, 11) is 0. The van der Waals surface area contributed by atoms with Gasteiger partial charge in [-0.2, -0.15) is 0 Å². The summed E-state index contributed by atoms with van der Waals surface area (Å²) >= 11 is 0. The molecule has 0 bridgehead atoms. The first-order chi connectivity index (χ1) is 7.33. The van der Waals surface area contributed by atoms with Crippen molar-refractivity contribution in [2.45, 2.75) is 5.54 Å². The second kappa shape index (κ2) is 2.73. The minimum Gasteiger partial charge on any atom is -0.370 e. The molecule has 74 valence electrons. The van der Waals surface area contributed by atoms with E-state index in [-0.39, 0.29) is 5.91 Å². The molecule has 15 heavy (non-hydrogen) atoms. The van der Waals surface area contributed by atoms with Crippen molar-refractivity contribution in [3.8, 4) is 0 Å². The van der Waals surface area contributed by atoms with Crippen molar-refractivity contribution >= 4 is 11.6 Å². The largest absolute Gasteiger partial charge is 0.370 e. The zero-order valence-corrected chi connectivity index (χ0v) is 8.03. The number of dihydropyridines is 1. The highest BCUT2D eigenvalue weighted by Gasteiger charge is 2.44. The number of carbonyl (C=O) groups excluding carboxylic acids is 1. The lowest BCUT2D eigenvalue weighted by molar-refractivity contribution is -0.120. The summed E-state index contributed by atoms with van der Waals surface area (Å²) in [6, 6.07) is 7.73. The van der Waals surface area contributed by atoms with Gasteiger partial charge in [-0.1, -0.05) is 24.3 Å². The van der Waals surface area contributed by atoms with Crippen LogP contribution in [0, 0.1) is 0 Å². The van der Waals surface area contributed by atoms with E-state index in [1.165, 1.54) is 0 Å². The number of para-hydroxylation sites is 1. The van der Waals surface area contributed by atoms with Gasteiger partial charge < -0.3 is 10.6 Å². The monoisotopic (exact) mass is 198 g/mol. The summed E-state index contributed by atoms with van der Waals surface area (Å²) in [6.07, 6.45) is 7.44. The molecule has 0 aliphatic carbocycles. The van der Waals surface area contributed by atoms with Gasteiger partial charge in [0.15, 0.2) is 5.54 Å². The third-order valence-corrected chi connectivity index (χ3v) is 2.82. The van der Waals surface area contributed by atoms with Crippen LogP contribution in [0.2, 0.25) is 0 Å². The Labute approximate surface area is 87.5 Å². The lowest BCUT2D eigenvalue weighted by Gasteiger charge is -2.26. The molecule has 3 rings (SSSR count). The Morgan fingerprint density at radius 2 is 2.00 bits per heavy atom. The molecule has 2 aliphatic heterocycles. The second-order valence-electron chi connectivity index (χ2n) is 3.67. The molecule has 0 saturated carbocycles. The molecule has 1 unspecified atom stereocenters. The van der Waals surface area contributed by atoms with Crippen molar-refractivity contribution in [1.29, 1.82) is 0 Å². The van der Waals surface area contributed by atoms with Crippen molar-refractivity contribution in [1.82, 2.24) is 5.32 Å². The minimum atomic E-state index is -0.703. The maximum Gasteiger partial charge on any atom is 0.258 e. The zero-order valence-electron chi connectivity index (χ0n) is 8.03. The van der Waals surface area contributed by atoms with Gasteiger partial charge in [0.25, 0.3) is 5.91 Å². The van der Waals surface area contributed by atoms with Crippen LogP contribution >= 0.6 is 0 Å². The number of rotatable bonds is 0. The standard InChI is InChI=1S/C12H10N2O/c15-11-12(7-3-4-8-13-12)9-5-1-2-6-10(9)14-11/h1-8,13H,(H,14,15). The van der Waals surface area contributed by atoms with Gasteiger partial charge in [-0.25, -0.2) is 0 Å². The molecule has 0 aromatic heterocycles. The van der Waals surface area contributed by atoms with Crippen molar-refractivity contribution in [3.63, 3.8) is 0 Å². The van der Waals surface area contributed by atoms with E-state index in [0.717, 1.165) is 11.3 Å². The summed E-state index contributed by atoms with van der Waals surface area (Å²) in [5.41, 5.74) is 1.16. The van der Waals surface area contributed by atoms with Gasteiger partial charge in [0.2, 0.25) is 0 Å². The maximum atomic E-state index is 11.9. The average molecular weight is 198 g/mol. The van der Waals surface area contributed by atoms with E-state index < -0.39 is 5.54 Å². The van der Waals surface area contributed by atoms with Crippen LogP contribution in [-0.4, -0.2) is 5.91 Å². The maximum absolute atomic E-state index is 11.9. The zero-order chi connectivity index (χ0) is 10.3. The SMILES string of the molecule is O=C1Nc2ccccc2C12C=CC=CN2. The molecular formula is C12H10N2O. The van der Waals surface area contributed by atoms with Gasteiger partial charge >= 0.3 is 0 Å². The summed E-state index contributed by atoms with van der Waals surface area (Å²) in [5, 5.41) is 5.99. The Morgan fingerprint density at radius 1 is 1.13 bits per heavy atom. The number of fused-ring (bicyclic) bond motifs is 2. The molecule has 2 aliphatic rings. The van der Waals surface area contributed by atoms with Crippen LogP contribution in [0.1, 0.15) is 5.56 Å². The van der Waals surface area contributed by atoms with Gasteiger partial charge in [0.1, 0.15) is 0 Å². The number of benzene rings is 1. The molecule has 0 radical (unpaired) electrons. The summed E-state index contributed by atoms with van der Waals surface area (Å²) in [4.78, 5) is 11.9. The first-order valence-corrected chi connectivity index (χ1v) is 4.86. The summed E-state index contributed by atoms with van der Waals surface area (Å²) in [6.45, 7) is 0. The fourth-order valence-electron chi connectivity index (χ4n) is 2.07. The Bertz CT molecular complexity index is 490. The van der Waals surface area contributed by atoms with Crippen molar-refractivity contribution in [3.05, 3.63) is 54.3 Å². The Kier molecular flexibility index (Phi) is 1.51. The number of allylic oxidation sites excluding steroid dienone is 2. The smallest absolute Gasteiger partial charge is 0.258 e. The van der Waals surface area contributed by atoms with Crippen LogP contribution in [-0.2, 0) is 10.3 Å². The Balaban J connectivity index is 2.21. The fraction of sp³-hybridized carbons (Fsp3) is 0.0833. The third kappa shape index (κ3) is 0.973.